The van der Waals surface area contributed by atoms with Gasteiger partial charge in [0.1, 0.15) is 0 Å². The van der Waals surface area contributed by atoms with Crippen LogP contribution in [0.1, 0.15) is 19.8 Å². The highest BCUT2D eigenvalue weighted by atomic mass is 16.4. The summed E-state index contributed by atoms with van der Waals surface area (Å²) in [6.45, 7) is 6.70. The molecule has 0 aromatic heterocycles. The van der Waals surface area contributed by atoms with E-state index in [-0.39, 0.29) is 5.41 Å². The van der Waals surface area contributed by atoms with Crippen LogP contribution in [0.2, 0.25) is 0 Å². The van der Waals surface area contributed by atoms with Crippen LogP contribution in [-0.4, -0.2) is 39.9 Å². The maximum atomic E-state index is 10.6. The lowest BCUT2D eigenvalue weighted by Gasteiger charge is -2.61. The Morgan fingerprint density at radius 3 is 2.29 bits per heavy atom. The van der Waals surface area contributed by atoms with E-state index in [4.69, 9.17) is 5.11 Å². The zero-order chi connectivity index (χ0) is 10.6. The van der Waals surface area contributed by atoms with Crippen molar-refractivity contribution in [3.05, 3.63) is 12.2 Å². The summed E-state index contributed by atoms with van der Waals surface area (Å²) >= 11 is 0. The third-order valence-corrected chi connectivity index (χ3v) is 3.45. The number of likely N-dealkylation sites (tertiary alicyclic amines) is 1. The Morgan fingerprint density at radius 1 is 1.43 bits per heavy atom. The van der Waals surface area contributed by atoms with Crippen LogP contribution >= 0.6 is 0 Å². The molecule has 2 aliphatic rings. The fourth-order valence-corrected chi connectivity index (χ4v) is 2.61. The van der Waals surface area contributed by atoms with E-state index in [0.717, 1.165) is 5.57 Å². The van der Waals surface area contributed by atoms with Gasteiger partial charge in [0.25, 0.3) is 0 Å². The van der Waals surface area contributed by atoms with Gasteiger partial charge in [-0.25, -0.2) is 4.79 Å². The van der Waals surface area contributed by atoms with Gasteiger partial charge in [0.2, 0.25) is 0 Å². The van der Waals surface area contributed by atoms with Crippen molar-refractivity contribution in [3.63, 3.8) is 0 Å². The molecule has 78 valence electrons. The van der Waals surface area contributed by atoms with Crippen molar-refractivity contribution in [2.45, 2.75) is 25.4 Å². The Hall–Kier alpha value is -1.03. The van der Waals surface area contributed by atoms with Crippen LogP contribution in [0, 0.1) is 5.41 Å². The molecular formula is C10H15NO3. The lowest BCUT2D eigenvalue weighted by Crippen LogP contribution is -2.69. The van der Waals surface area contributed by atoms with E-state index in [1.807, 2.05) is 6.92 Å². The minimum atomic E-state index is -0.860. The van der Waals surface area contributed by atoms with Gasteiger partial charge in [-0.15, -0.1) is 0 Å². The summed E-state index contributed by atoms with van der Waals surface area (Å²) in [6, 6.07) is 0. The van der Waals surface area contributed by atoms with Gasteiger partial charge in [-0.2, -0.15) is 0 Å². The van der Waals surface area contributed by atoms with E-state index >= 15 is 0 Å². The third kappa shape index (κ3) is 1.14. The first-order valence-electron chi connectivity index (χ1n) is 4.73. The summed E-state index contributed by atoms with van der Waals surface area (Å²) in [5, 5.41) is 18.6. The molecule has 1 heterocycles. The van der Waals surface area contributed by atoms with E-state index in [2.05, 4.69) is 6.58 Å². The number of amides is 1. The second-order valence-electron chi connectivity index (χ2n) is 4.80. The highest BCUT2D eigenvalue weighted by molar-refractivity contribution is 5.66. The molecule has 1 spiro atoms. The highest BCUT2D eigenvalue weighted by Crippen LogP contribution is 2.56. The van der Waals surface area contributed by atoms with Crippen LogP contribution in [0.3, 0.4) is 0 Å². The normalized spacial score (nSPS) is 26.6. The van der Waals surface area contributed by atoms with Crippen molar-refractivity contribution >= 4 is 6.09 Å². The molecular weight excluding hydrogens is 182 g/mol. The van der Waals surface area contributed by atoms with Gasteiger partial charge in [0.15, 0.2) is 0 Å². The van der Waals surface area contributed by atoms with E-state index in [0.29, 0.717) is 25.9 Å². The molecule has 2 fully saturated rings. The number of carboxylic acid groups (broad SMARTS) is 1. The van der Waals surface area contributed by atoms with Crippen molar-refractivity contribution < 1.29 is 15.0 Å². The summed E-state index contributed by atoms with van der Waals surface area (Å²) in [5.74, 6) is 0. The smallest absolute Gasteiger partial charge is 0.407 e. The minimum Gasteiger partial charge on any atom is -0.465 e. The number of carbonyl (C=O) groups is 1. The average molecular weight is 197 g/mol. The Kier molecular flexibility index (Phi) is 1.71. The predicted octanol–water partition coefficient (Wildman–Crippen LogP) is 1.07. The second kappa shape index (κ2) is 2.51. The number of rotatable bonds is 1. The lowest BCUT2D eigenvalue weighted by molar-refractivity contribution is -0.161. The van der Waals surface area contributed by atoms with Gasteiger partial charge in [-0.1, -0.05) is 6.58 Å². The van der Waals surface area contributed by atoms with Crippen molar-refractivity contribution in [2.24, 2.45) is 5.41 Å². The molecule has 0 atom stereocenters. The maximum Gasteiger partial charge on any atom is 0.407 e. The topological polar surface area (TPSA) is 60.8 Å². The molecule has 4 nitrogen and oxygen atoms in total. The summed E-state index contributed by atoms with van der Waals surface area (Å²) in [7, 11) is 0. The zero-order valence-corrected chi connectivity index (χ0v) is 8.29. The first-order valence-corrected chi connectivity index (χ1v) is 4.73. The first-order chi connectivity index (χ1) is 6.37. The maximum absolute atomic E-state index is 10.6. The van der Waals surface area contributed by atoms with Crippen LogP contribution in [0.4, 0.5) is 4.79 Å². The van der Waals surface area contributed by atoms with E-state index in [1.54, 1.807) is 0 Å². The summed E-state index contributed by atoms with van der Waals surface area (Å²) in [6.07, 6.45) is 0.472. The van der Waals surface area contributed by atoms with E-state index < -0.39 is 11.7 Å². The van der Waals surface area contributed by atoms with Crippen molar-refractivity contribution in [1.82, 2.24) is 4.90 Å². The fourth-order valence-electron chi connectivity index (χ4n) is 2.61. The van der Waals surface area contributed by atoms with E-state index in [1.165, 1.54) is 4.90 Å². The number of aliphatic hydroxyl groups is 1. The van der Waals surface area contributed by atoms with Crippen LogP contribution in [0.15, 0.2) is 12.2 Å². The Morgan fingerprint density at radius 2 is 1.93 bits per heavy atom. The molecule has 0 aromatic rings. The molecule has 14 heavy (non-hydrogen) atoms. The molecule has 1 aliphatic carbocycles. The van der Waals surface area contributed by atoms with Crippen LogP contribution in [0.5, 0.6) is 0 Å². The Balaban J connectivity index is 1.91. The zero-order valence-electron chi connectivity index (χ0n) is 8.29. The summed E-state index contributed by atoms with van der Waals surface area (Å²) in [4.78, 5) is 11.9. The van der Waals surface area contributed by atoms with Gasteiger partial charge in [0, 0.05) is 18.5 Å². The third-order valence-electron chi connectivity index (χ3n) is 3.45. The van der Waals surface area contributed by atoms with Crippen LogP contribution < -0.4 is 0 Å². The van der Waals surface area contributed by atoms with Crippen molar-refractivity contribution in [2.75, 3.05) is 13.1 Å². The number of hydrogen-bond donors (Lipinski definition) is 2. The molecule has 4 heteroatoms. The molecule has 0 aromatic carbocycles. The van der Waals surface area contributed by atoms with Gasteiger partial charge in [0.05, 0.1) is 5.60 Å². The van der Waals surface area contributed by atoms with Gasteiger partial charge in [-0.05, 0) is 25.3 Å². The molecule has 1 amide bonds. The standard InChI is InChI=1S/C10H15NO3/c1-7(2)10(14)3-9(4-10)5-11(6-9)8(12)13/h14H,1,3-6H2,2H3,(H,12,13). The number of nitrogens with zero attached hydrogens (tertiary/aromatic N) is 1. The monoisotopic (exact) mass is 197 g/mol. The summed E-state index contributed by atoms with van der Waals surface area (Å²) in [5.41, 5.74) is 0.105. The molecule has 2 N–H and O–H groups in total. The first kappa shape index (κ1) is 9.52. The average Bonchev–Trinajstić information content (AvgIpc) is 1.92. The SMILES string of the molecule is C=C(C)C1(O)CC2(CN(C(=O)O)C2)C1. The van der Waals surface area contributed by atoms with Crippen molar-refractivity contribution in [1.29, 1.82) is 0 Å². The van der Waals surface area contributed by atoms with Crippen molar-refractivity contribution in [3.8, 4) is 0 Å². The Bertz CT molecular complexity index is 296. The Labute approximate surface area is 82.8 Å². The summed E-state index contributed by atoms with van der Waals surface area (Å²) < 4.78 is 0. The second-order valence-corrected chi connectivity index (χ2v) is 4.80. The lowest BCUT2D eigenvalue weighted by atomic mass is 9.53. The molecule has 0 bridgehead atoms. The van der Waals surface area contributed by atoms with Gasteiger partial charge < -0.3 is 15.1 Å². The molecule has 1 saturated heterocycles. The molecule has 2 rings (SSSR count). The molecule has 1 aliphatic heterocycles. The van der Waals surface area contributed by atoms with Gasteiger partial charge in [-0.3, -0.25) is 0 Å². The highest BCUT2D eigenvalue weighted by Gasteiger charge is 2.60. The number of hydrogen-bond acceptors (Lipinski definition) is 2. The van der Waals surface area contributed by atoms with Crippen LogP contribution in [-0.2, 0) is 0 Å². The molecule has 0 radical (unpaired) electrons. The minimum absolute atomic E-state index is 0.0477. The van der Waals surface area contributed by atoms with Crippen LogP contribution in [0.25, 0.3) is 0 Å². The molecule has 1 saturated carbocycles. The largest absolute Gasteiger partial charge is 0.465 e. The predicted molar refractivity (Wildman–Crippen MR) is 51.0 cm³/mol. The molecule has 0 unspecified atom stereocenters. The quantitative estimate of drug-likeness (QED) is 0.618. The van der Waals surface area contributed by atoms with Gasteiger partial charge >= 0.3 is 6.09 Å². The van der Waals surface area contributed by atoms with E-state index in [9.17, 15) is 9.90 Å². The fraction of sp³-hybridized carbons (Fsp3) is 0.700.